The van der Waals surface area contributed by atoms with Crippen molar-refractivity contribution in [3.05, 3.63) is 0 Å². The van der Waals surface area contributed by atoms with Crippen LogP contribution in [0.15, 0.2) is 0 Å². The zero-order valence-corrected chi connectivity index (χ0v) is 13.7. The molecule has 3 heteroatoms. The Balaban J connectivity index is 3.86. The highest BCUT2D eigenvalue weighted by Gasteiger charge is 2.31. The molecule has 19 heavy (non-hydrogen) atoms. The summed E-state index contributed by atoms with van der Waals surface area (Å²) < 4.78 is 0. The number of rotatable bonds is 9. The third-order valence-electron chi connectivity index (χ3n) is 3.08. The first-order valence-corrected chi connectivity index (χ1v) is 7.59. The van der Waals surface area contributed by atoms with Gasteiger partial charge in [0.05, 0.1) is 5.41 Å². The summed E-state index contributed by atoms with van der Waals surface area (Å²) in [6.45, 7) is 11.7. The van der Waals surface area contributed by atoms with Crippen LogP contribution in [0.3, 0.4) is 0 Å². The molecule has 0 heterocycles. The molecule has 0 rings (SSSR count). The summed E-state index contributed by atoms with van der Waals surface area (Å²) in [6, 6.07) is 0. The zero-order chi connectivity index (χ0) is 14.9. The van der Waals surface area contributed by atoms with Gasteiger partial charge in [0.15, 0.2) is 0 Å². The van der Waals surface area contributed by atoms with Crippen molar-refractivity contribution >= 4 is 5.97 Å². The van der Waals surface area contributed by atoms with Crippen LogP contribution in [0.5, 0.6) is 0 Å². The molecular formula is C16H32O3. The van der Waals surface area contributed by atoms with Gasteiger partial charge in [0, 0.05) is 0 Å². The van der Waals surface area contributed by atoms with Crippen molar-refractivity contribution < 1.29 is 14.6 Å². The lowest BCUT2D eigenvalue weighted by Gasteiger charge is -2.24. The Kier molecular flexibility index (Phi) is 8.31. The minimum Gasteiger partial charge on any atom is -0.297 e. The van der Waals surface area contributed by atoms with Crippen molar-refractivity contribution in [2.45, 2.75) is 92.1 Å². The van der Waals surface area contributed by atoms with Gasteiger partial charge in [0.1, 0.15) is 5.60 Å². The second-order valence-electron chi connectivity index (χ2n) is 6.97. The van der Waals surface area contributed by atoms with Gasteiger partial charge < -0.3 is 0 Å². The highest BCUT2D eigenvalue weighted by molar-refractivity contribution is 5.75. The van der Waals surface area contributed by atoms with E-state index in [0.29, 0.717) is 0 Å². The molecule has 3 nitrogen and oxygen atoms in total. The molecule has 0 bridgehead atoms. The number of carbonyl (C=O) groups is 1. The molecule has 0 aromatic heterocycles. The minimum absolute atomic E-state index is 0.268. The van der Waals surface area contributed by atoms with Gasteiger partial charge >= 0.3 is 5.97 Å². The van der Waals surface area contributed by atoms with Crippen molar-refractivity contribution in [1.29, 1.82) is 0 Å². The summed E-state index contributed by atoms with van der Waals surface area (Å²) in [6.07, 6.45) is 8.25. The van der Waals surface area contributed by atoms with Crippen LogP contribution in [0, 0.1) is 5.41 Å². The molecule has 0 saturated carbocycles. The van der Waals surface area contributed by atoms with E-state index in [1.165, 1.54) is 32.1 Å². The maximum Gasteiger partial charge on any atom is 0.347 e. The molecule has 0 amide bonds. The Bertz CT molecular complexity index is 251. The Labute approximate surface area is 119 Å². The molecule has 0 N–H and O–H groups in total. The largest absolute Gasteiger partial charge is 0.347 e. The summed E-state index contributed by atoms with van der Waals surface area (Å²) in [7, 11) is 0. The van der Waals surface area contributed by atoms with E-state index in [0.717, 1.165) is 12.8 Å². The fourth-order valence-corrected chi connectivity index (χ4v) is 1.72. The van der Waals surface area contributed by atoms with E-state index >= 15 is 0 Å². The summed E-state index contributed by atoms with van der Waals surface area (Å²) >= 11 is 0. The Morgan fingerprint density at radius 3 is 1.95 bits per heavy atom. The van der Waals surface area contributed by atoms with Gasteiger partial charge in [0.25, 0.3) is 0 Å². The second-order valence-corrected chi connectivity index (χ2v) is 6.97. The Hall–Kier alpha value is -0.570. The average Bonchev–Trinajstić information content (AvgIpc) is 2.29. The molecule has 114 valence electrons. The molecule has 0 unspecified atom stereocenters. The zero-order valence-electron chi connectivity index (χ0n) is 13.7. The molecule has 0 atom stereocenters. The van der Waals surface area contributed by atoms with Gasteiger partial charge in [-0.3, -0.25) is 4.89 Å². The molecule has 0 aliphatic heterocycles. The van der Waals surface area contributed by atoms with Gasteiger partial charge in [-0.2, -0.15) is 4.89 Å². The SMILES string of the molecule is CCCCCCCCC(C)(C)C(=O)OOC(C)(C)C. The van der Waals surface area contributed by atoms with Gasteiger partial charge in [-0.15, -0.1) is 0 Å². The fraction of sp³-hybridized carbons (Fsp3) is 0.938. The first kappa shape index (κ1) is 18.4. The normalized spacial score (nSPS) is 12.5. The van der Waals surface area contributed by atoms with E-state index in [4.69, 9.17) is 9.78 Å². The molecule has 0 aliphatic rings. The van der Waals surface area contributed by atoms with Crippen molar-refractivity contribution in [3.8, 4) is 0 Å². The monoisotopic (exact) mass is 272 g/mol. The van der Waals surface area contributed by atoms with Gasteiger partial charge in [0.2, 0.25) is 0 Å². The van der Waals surface area contributed by atoms with Crippen molar-refractivity contribution in [2.24, 2.45) is 5.41 Å². The third-order valence-corrected chi connectivity index (χ3v) is 3.08. The van der Waals surface area contributed by atoms with E-state index < -0.39 is 11.0 Å². The van der Waals surface area contributed by atoms with Crippen LogP contribution in [0.25, 0.3) is 0 Å². The van der Waals surface area contributed by atoms with Crippen LogP contribution < -0.4 is 0 Å². The van der Waals surface area contributed by atoms with E-state index in [1.807, 2.05) is 34.6 Å². The Morgan fingerprint density at radius 2 is 1.42 bits per heavy atom. The summed E-state index contributed by atoms with van der Waals surface area (Å²) in [4.78, 5) is 21.9. The smallest absolute Gasteiger partial charge is 0.297 e. The molecule has 0 fully saturated rings. The van der Waals surface area contributed by atoms with Crippen molar-refractivity contribution in [1.82, 2.24) is 0 Å². The van der Waals surface area contributed by atoms with E-state index in [-0.39, 0.29) is 5.97 Å². The number of hydrogen-bond acceptors (Lipinski definition) is 3. The molecule has 0 radical (unpaired) electrons. The maximum absolute atomic E-state index is 11.9. The van der Waals surface area contributed by atoms with Gasteiger partial charge in [-0.1, -0.05) is 45.4 Å². The van der Waals surface area contributed by atoms with Crippen LogP contribution in [0.1, 0.15) is 86.5 Å². The van der Waals surface area contributed by atoms with E-state index in [9.17, 15) is 4.79 Å². The fourth-order valence-electron chi connectivity index (χ4n) is 1.72. The molecule has 0 saturated heterocycles. The van der Waals surface area contributed by atoms with Gasteiger partial charge in [-0.05, 0) is 41.0 Å². The number of unbranched alkanes of at least 4 members (excludes halogenated alkanes) is 5. The van der Waals surface area contributed by atoms with Crippen LogP contribution in [-0.4, -0.2) is 11.6 Å². The second kappa shape index (κ2) is 8.57. The standard InChI is InChI=1S/C16H32O3/c1-7-8-9-10-11-12-13-16(5,6)14(17)18-19-15(2,3)4/h7-13H2,1-6H3. The van der Waals surface area contributed by atoms with Crippen LogP contribution in [0.2, 0.25) is 0 Å². The van der Waals surface area contributed by atoms with Gasteiger partial charge in [-0.25, -0.2) is 4.79 Å². The third kappa shape index (κ3) is 9.94. The molecule has 0 spiro atoms. The lowest BCUT2D eigenvalue weighted by atomic mass is 9.87. The highest BCUT2D eigenvalue weighted by Crippen LogP contribution is 2.26. The molecule has 0 aliphatic carbocycles. The number of carbonyl (C=O) groups excluding carboxylic acids is 1. The predicted octanol–water partition coefficient (Wildman–Crippen LogP) is 5.04. The average molecular weight is 272 g/mol. The number of hydrogen-bond donors (Lipinski definition) is 0. The molecule has 0 aromatic carbocycles. The minimum atomic E-state index is -0.462. The molecule has 0 aromatic rings. The molecular weight excluding hydrogens is 240 g/mol. The maximum atomic E-state index is 11.9. The Morgan fingerprint density at radius 1 is 0.895 bits per heavy atom. The van der Waals surface area contributed by atoms with Crippen LogP contribution in [0.4, 0.5) is 0 Å². The van der Waals surface area contributed by atoms with Crippen LogP contribution in [-0.2, 0) is 14.6 Å². The highest BCUT2D eigenvalue weighted by atomic mass is 17.2. The van der Waals surface area contributed by atoms with Crippen molar-refractivity contribution in [2.75, 3.05) is 0 Å². The summed E-state index contributed by atoms with van der Waals surface area (Å²) in [5, 5.41) is 0. The van der Waals surface area contributed by atoms with Crippen LogP contribution >= 0.6 is 0 Å². The van der Waals surface area contributed by atoms with Crippen molar-refractivity contribution in [3.63, 3.8) is 0 Å². The van der Waals surface area contributed by atoms with E-state index in [2.05, 4.69) is 6.92 Å². The lowest BCUT2D eigenvalue weighted by Crippen LogP contribution is -2.30. The first-order valence-electron chi connectivity index (χ1n) is 7.59. The quantitative estimate of drug-likeness (QED) is 0.335. The lowest BCUT2D eigenvalue weighted by molar-refractivity contribution is -0.326. The summed E-state index contributed by atoms with van der Waals surface area (Å²) in [5.41, 5.74) is -0.915. The van der Waals surface area contributed by atoms with E-state index in [1.54, 1.807) is 0 Å². The topological polar surface area (TPSA) is 35.5 Å². The first-order chi connectivity index (χ1) is 8.69. The predicted molar refractivity (Wildman–Crippen MR) is 78.7 cm³/mol. The summed E-state index contributed by atoms with van der Waals surface area (Å²) in [5.74, 6) is -0.268.